The minimum Gasteiger partial charge on any atom is -0.484 e. The second kappa shape index (κ2) is 11.4. The summed E-state index contributed by atoms with van der Waals surface area (Å²) in [5, 5.41) is 5.76. The molecule has 1 aromatic heterocycles. The Labute approximate surface area is 218 Å². The molecule has 3 amide bonds. The van der Waals surface area contributed by atoms with Gasteiger partial charge in [-0.25, -0.2) is 0 Å². The first kappa shape index (κ1) is 25.5. The normalized spacial score (nSPS) is 15.1. The number of ether oxygens (including phenoxy) is 1. The van der Waals surface area contributed by atoms with Crippen LogP contribution in [0.4, 0.5) is 11.4 Å². The van der Waals surface area contributed by atoms with Gasteiger partial charge in [-0.2, -0.15) is 0 Å². The maximum atomic E-state index is 12.5. The highest BCUT2D eigenvalue weighted by molar-refractivity contribution is 9.10. The van der Waals surface area contributed by atoms with Gasteiger partial charge in [0, 0.05) is 28.8 Å². The van der Waals surface area contributed by atoms with Crippen LogP contribution in [-0.2, 0) is 27.3 Å². The van der Waals surface area contributed by atoms with Crippen LogP contribution in [0, 0.1) is 12.8 Å². The van der Waals surface area contributed by atoms with E-state index >= 15 is 0 Å². The third-order valence-corrected chi connectivity index (χ3v) is 6.52. The van der Waals surface area contributed by atoms with Gasteiger partial charge in [-0.3, -0.25) is 14.4 Å². The Balaban J connectivity index is 1.29. The number of anilines is 2. The first-order valence-electron chi connectivity index (χ1n) is 11.8. The van der Waals surface area contributed by atoms with E-state index in [1.54, 1.807) is 47.6 Å². The van der Waals surface area contributed by atoms with Crippen molar-refractivity contribution >= 4 is 45.0 Å². The van der Waals surface area contributed by atoms with Crippen molar-refractivity contribution in [3.8, 4) is 5.75 Å². The molecular formula is C27H28BrN3O5. The standard InChI is InChI=1S/C27H28BrN3O5/c1-3-18-12-20(28)11-17(2)26(18)30-24(32)16-36-22-8-6-21(7-9-22)31-15-19(13-25(31)33)27(34)29-14-23-5-4-10-35-23/h4-12,19H,3,13-16H2,1-2H3,(H,29,34)(H,30,32)/t19-/m1/s1. The van der Waals surface area contributed by atoms with Crippen LogP contribution in [0.2, 0.25) is 0 Å². The Hall–Kier alpha value is -3.59. The van der Waals surface area contributed by atoms with E-state index < -0.39 is 5.92 Å². The maximum absolute atomic E-state index is 12.5. The molecule has 3 aromatic rings. The quantitative estimate of drug-likeness (QED) is 0.403. The van der Waals surface area contributed by atoms with Crippen molar-refractivity contribution in [3.63, 3.8) is 0 Å². The summed E-state index contributed by atoms with van der Waals surface area (Å²) < 4.78 is 11.8. The number of hydrogen-bond acceptors (Lipinski definition) is 5. The van der Waals surface area contributed by atoms with Crippen LogP contribution in [-0.4, -0.2) is 30.9 Å². The van der Waals surface area contributed by atoms with E-state index in [1.807, 2.05) is 26.0 Å². The number of benzene rings is 2. The molecule has 9 heteroatoms. The van der Waals surface area contributed by atoms with E-state index in [-0.39, 0.29) is 37.3 Å². The number of carbonyl (C=O) groups is 3. The van der Waals surface area contributed by atoms with E-state index in [9.17, 15) is 14.4 Å². The third kappa shape index (κ3) is 6.15. The minimum absolute atomic E-state index is 0.113. The topological polar surface area (TPSA) is 101 Å². The molecular weight excluding hydrogens is 526 g/mol. The zero-order valence-electron chi connectivity index (χ0n) is 20.2. The average molecular weight is 554 g/mol. The summed E-state index contributed by atoms with van der Waals surface area (Å²) in [4.78, 5) is 39.1. The zero-order valence-corrected chi connectivity index (χ0v) is 21.8. The molecule has 1 saturated heterocycles. The number of rotatable bonds is 9. The molecule has 0 saturated carbocycles. The Kier molecular flexibility index (Phi) is 8.10. The molecule has 0 radical (unpaired) electrons. The fraction of sp³-hybridized carbons (Fsp3) is 0.296. The average Bonchev–Trinajstić information content (AvgIpc) is 3.53. The first-order chi connectivity index (χ1) is 17.3. The van der Waals surface area contributed by atoms with E-state index in [4.69, 9.17) is 9.15 Å². The largest absolute Gasteiger partial charge is 0.484 e. The number of carbonyl (C=O) groups excluding carboxylic acids is 3. The number of furan rings is 1. The van der Waals surface area contributed by atoms with E-state index in [0.29, 0.717) is 23.7 Å². The van der Waals surface area contributed by atoms with Gasteiger partial charge in [0.15, 0.2) is 6.61 Å². The fourth-order valence-corrected chi connectivity index (χ4v) is 4.80. The Morgan fingerprint density at radius 3 is 2.67 bits per heavy atom. The lowest BCUT2D eigenvalue weighted by Gasteiger charge is -2.17. The summed E-state index contributed by atoms with van der Waals surface area (Å²) in [6.07, 6.45) is 2.49. The van der Waals surface area contributed by atoms with Gasteiger partial charge in [0.05, 0.1) is 18.7 Å². The Bertz CT molecular complexity index is 1240. The molecule has 1 atom stereocenters. The molecule has 0 unspecified atom stereocenters. The van der Waals surface area contributed by atoms with Gasteiger partial charge < -0.3 is 24.7 Å². The van der Waals surface area contributed by atoms with Crippen LogP contribution in [0.1, 0.15) is 30.2 Å². The van der Waals surface area contributed by atoms with Gasteiger partial charge in [-0.15, -0.1) is 0 Å². The predicted octanol–water partition coefficient (Wildman–Crippen LogP) is 4.60. The molecule has 0 spiro atoms. The zero-order chi connectivity index (χ0) is 25.7. The molecule has 36 heavy (non-hydrogen) atoms. The second-order valence-electron chi connectivity index (χ2n) is 8.64. The Morgan fingerprint density at radius 1 is 1.19 bits per heavy atom. The molecule has 1 aliphatic rings. The molecule has 2 heterocycles. The summed E-state index contributed by atoms with van der Waals surface area (Å²) >= 11 is 3.49. The van der Waals surface area contributed by atoms with Gasteiger partial charge in [-0.1, -0.05) is 22.9 Å². The van der Waals surface area contributed by atoms with Gasteiger partial charge >= 0.3 is 0 Å². The van der Waals surface area contributed by atoms with Crippen molar-refractivity contribution in [1.82, 2.24) is 5.32 Å². The van der Waals surface area contributed by atoms with Crippen molar-refractivity contribution in [2.75, 3.05) is 23.4 Å². The first-order valence-corrected chi connectivity index (χ1v) is 12.6. The molecule has 1 fully saturated rings. The number of nitrogens with one attached hydrogen (secondary N) is 2. The number of amides is 3. The lowest BCUT2D eigenvalue weighted by molar-refractivity contribution is -0.126. The molecule has 4 rings (SSSR count). The van der Waals surface area contributed by atoms with Crippen molar-refractivity contribution < 1.29 is 23.5 Å². The van der Waals surface area contributed by atoms with E-state index in [1.165, 1.54) is 0 Å². The molecule has 2 aromatic carbocycles. The molecule has 188 valence electrons. The van der Waals surface area contributed by atoms with Crippen LogP contribution in [0.3, 0.4) is 0 Å². The lowest BCUT2D eigenvalue weighted by Crippen LogP contribution is -2.32. The third-order valence-electron chi connectivity index (χ3n) is 6.06. The molecule has 8 nitrogen and oxygen atoms in total. The monoisotopic (exact) mass is 553 g/mol. The van der Waals surface area contributed by atoms with Crippen molar-refractivity contribution in [3.05, 3.63) is 76.2 Å². The molecule has 0 bridgehead atoms. The van der Waals surface area contributed by atoms with Gasteiger partial charge in [-0.05, 0) is 73.0 Å². The highest BCUT2D eigenvalue weighted by Crippen LogP contribution is 2.28. The number of hydrogen-bond donors (Lipinski definition) is 2. The number of aryl methyl sites for hydroxylation is 2. The number of nitrogens with zero attached hydrogens (tertiary/aromatic N) is 1. The van der Waals surface area contributed by atoms with E-state index in [0.717, 1.165) is 27.7 Å². The van der Waals surface area contributed by atoms with Crippen LogP contribution in [0.15, 0.2) is 63.7 Å². The highest BCUT2D eigenvalue weighted by atomic mass is 79.9. The summed E-state index contributed by atoms with van der Waals surface area (Å²) in [7, 11) is 0. The lowest BCUT2D eigenvalue weighted by atomic mass is 10.1. The summed E-state index contributed by atoms with van der Waals surface area (Å²) in [5.74, 6) is 0.195. The van der Waals surface area contributed by atoms with Crippen molar-refractivity contribution in [1.29, 1.82) is 0 Å². The molecule has 1 aliphatic heterocycles. The van der Waals surface area contributed by atoms with Crippen molar-refractivity contribution in [2.24, 2.45) is 5.92 Å². The van der Waals surface area contributed by atoms with Crippen LogP contribution in [0.25, 0.3) is 0 Å². The SMILES string of the molecule is CCc1cc(Br)cc(C)c1NC(=O)COc1ccc(N2C[C@H](C(=O)NCc3ccco3)CC2=O)cc1. The smallest absolute Gasteiger partial charge is 0.262 e. The minimum atomic E-state index is -0.429. The summed E-state index contributed by atoms with van der Waals surface area (Å²) in [6.45, 7) is 4.44. The maximum Gasteiger partial charge on any atom is 0.262 e. The highest BCUT2D eigenvalue weighted by Gasteiger charge is 2.35. The summed E-state index contributed by atoms with van der Waals surface area (Å²) in [5.41, 5.74) is 3.50. The van der Waals surface area contributed by atoms with Crippen molar-refractivity contribution in [2.45, 2.75) is 33.2 Å². The summed E-state index contributed by atoms with van der Waals surface area (Å²) in [6, 6.07) is 14.4. The fourth-order valence-electron chi connectivity index (χ4n) is 4.18. The number of halogens is 1. The van der Waals surface area contributed by atoms with Crippen LogP contribution < -0.4 is 20.3 Å². The van der Waals surface area contributed by atoms with Crippen LogP contribution in [0.5, 0.6) is 5.75 Å². The van der Waals surface area contributed by atoms with Gasteiger partial charge in [0.25, 0.3) is 5.91 Å². The molecule has 2 N–H and O–H groups in total. The van der Waals surface area contributed by atoms with Gasteiger partial charge in [0.1, 0.15) is 11.5 Å². The second-order valence-corrected chi connectivity index (χ2v) is 9.56. The Morgan fingerprint density at radius 2 is 1.97 bits per heavy atom. The van der Waals surface area contributed by atoms with E-state index in [2.05, 4.69) is 26.6 Å². The van der Waals surface area contributed by atoms with Gasteiger partial charge in [0.2, 0.25) is 11.8 Å². The van der Waals surface area contributed by atoms with Crippen LogP contribution >= 0.6 is 15.9 Å². The molecule has 0 aliphatic carbocycles. The predicted molar refractivity (Wildman–Crippen MR) is 140 cm³/mol.